The molecule has 17 heavy (non-hydrogen) atoms. The molecule has 0 aromatic carbocycles. The van der Waals surface area contributed by atoms with E-state index in [2.05, 4.69) is 29.8 Å². The Morgan fingerprint density at radius 1 is 1.41 bits per heavy atom. The Hall–Kier alpha value is -0.800. The van der Waals surface area contributed by atoms with Crippen molar-refractivity contribution >= 4 is 17.0 Å². The van der Waals surface area contributed by atoms with Crippen molar-refractivity contribution in [3.8, 4) is 0 Å². The van der Waals surface area contributed by atoms with Crippen LogP contribution in [0.1, 0.15) is 49.1 Å². The first-order valence-corrected chi connectivity index (χ1v) is 7.38. The Bertz CT molecular complexity index is 437. The van der Waals surface area contributed by atoms with Crippen LogP contribution in [0.4, 0.5) is 0 Å². The molecule has 2 N–H and O–H groups in total. The van der Waals surface area contributed by atoms with Crippen LogP contribution in [-0.2, 0) is 0 Å². The third-order valence-corrected chi connectivity index (χ3v) is 5.08. The van der Waals surface area contributed by atoms with Gasteiger partial charge in [0.05, 0.1) is 12.1 Å². The molecular formula is C14H19NOS. The fraction of sp³-hybridized carbons (Fsp3) is 0.571. The van der Waals surface area contributed by atoms with E-state index >= 15 is 0 Å². The summed E-state index contributed by atoms with van der Waals surface area (Å²) in [4.78, 5) is 1.42. The molecule has 1 aromatic rings. The molecule has 0 amide bonds. The van der Waals surface area contributed by atoms with Crippen molar-refractivity contribution in [3.05, 3.63) is 28.0 Å². The molecule has 2 unspecified atom stereocenters. The van der Waals surface area contributed by atoms with Gasteiger partial charge < -0.3 is 10.4 Å². The zero-order chi connectivity index (χ0) is 11.8. The van der Waals surface area contributed by atoms with Crippen LogP contribution in [0.15, 0.2) is 17.5 Å². The zero-order valence-electron chi connectivity index (χ0n) is 10.1. The van der Waals surface area contributed by atoms with Crippen LogP contribution in [0, 0.1) is 5.92 Å². The third-order valence-electron chi connectivity index (χ3n) is 4.08. The standard InChI is InChI=1S/C14H19NOS/c1-2-11-9-7-8-17-14(9)13(15-11)10-5-3-4-6-12(10)16/h2,7-8,10,12-13,15-16H,3-6H2,1H3/b11-2-/t10?,12-,13?/m1/s1. The number of nitrogens with one attached hydrogen (secondary N) is 1. The number of aliphatic hydroxyl groups excluding tert-OH is 1. The highest BCUT2D eigenvalue weighted by Gasteiger charge is 2.37. The molecule has 0 radical (unpaired) electrons. The van der Waals surface area contributed by atoms with Crippen molar-refractivity contribution in [2.24, 2.45) is 5.92 Å². The minimum Gasteiger partial charge on any atom is -0.393 e. The predicted octanol–water partition coefficient (Wildman–Crippen LogP) is 3.30. The smallest absolute Gasteiger partial charge is 0.0666 e. The fourth-order valence-corrected chi connectivity index (χ4v) is 4.20. The van der Waals surface area contributed by atoms with Crippen molar-refractivity contribution in [2.75, 3.05) is 0 Å². The number of thiophene rings is 1. The van der Waals surface area contributed by atoms with E-state index in [1.165, 1.54) is 29.0 Å². The van der Waals surface area contributed by atoms with Crippen molar-refractivity contribution in [3.63, 3.8) is 0 Å². The number of rotatable bonds is 1. The first kappa shape index (κ1) is 11.3. The van der Waals surface area contributed by atoms with Gasteiger partial charge in [-0.25, -0.2) is 0 Å². The number of hydrogen-bond acceptors (Lipinski definition) is 3. The second-order valence-electron chi connectivity index (χ2n) is 5.04. The Morgan fingerprint density at radius 3 is 3.00 bits per heavy atom. The van der Waals surface area contributed by atoms with Gasteiger partial charge in [0.2, 0.25) is 0 Å². The molecule has 1 aliphatic carbocycles. The summed E-state index contributed by atoms with van der Waals surface area (Å²) in [6.07, 6.45) is 6.56. The van der Waals surface area contributed by atoms with Crippen LogP contribution in [0.2, 0.25) is 0 Å². The van der Waals surface area contributed by atoms with Crippen LogP contribution >= 0.6 is 11.3 Å². The van der Waals surface area contributed by atoms with Crippen LogP contribution < -0.4 is 5.32 Å². The second-order valence-corrected chi connectivity index (χ2v) is 5.99. The number of aliphatic hydroxyl groups is 1. The van der Waals surface area contributed by atoms with Gasteiger partial charge in [0, 0.05) is 22.1 Å². The first-order chi connectivity index (χ1) is 8.31. The molecule has 2 nitrogen and oxygen atoms in total. The largest absolute Gasteiger partial charge is 0.393 e. The molecule has 1 aliphatic heterocycles. The lowest BCUT2D eigenvalue weighted by atomic mass is 9.81. The lowest BCUT2D eigenvalue weighted by molar-refractivity contribution is 0.0531. The van der Waals surface area contributed by atoms with Crippen LogP contribution in [0.3, 0.4) is 0 Å². The summed E-state index contributed by atoms with van der Waals surface area (Å²) in [5.74, 6) is 0.388. The van der Waals surface area contributed by atoms with Gasteiger partial charge in [-0.05, 0) is 31.2 Å². The molecule has 2 aliphatic rings. The molecular weight excluding hydrogens is 230 g/mol. The van der Waals surface area contributed by atoms with E-state index in [-0.39, 0.29) is 6.10 Å². The highest BCUT2D eigenvalue weighted by atomic mass is 32.1. The molecule has 3 atom stereocenters. The van der Waals surface area contributed by atoms with Gasteiger partial charge in [-0.3, -0.25) is 0 Å². The fourth-order valence-electron chi connectivity index (χ4n) is 3.16. The molecule has 0 spiro atoms. The van der Waals surface area contributed by atoms with Gasteiger partial charge in [-0.1, -0.05) is 18.9 Å². The van der Waals surface area contributed by atoms with Gasteiger partial charge in [-0.2, -0.15) is 0 Å². The maximum absolute atomic E-state index is 10.2. The van der Waals surface area contributed by atoms with Gasteiger partial charge in [0.15, 0.2) is 0 Å². The van der Waals surface area contributed by atoms with Gasteiger partial charge in [0.1, 0.15) is 0 Å². The quantitative estimate of drug-likeness (QED) is 0.800. The SMILES string of the molecule is C/C=C1\NC(C2CCCC[C@H]2O)c2sccc21. The van der Waals surface area contributed by atoms with Crippen LogP contribution in [-0.4, -0.2) is 11.2 Å². The lowest BCUT2D eigenvalue weighted by Crippen LogP contribution is -2.33. The Balaban J connectivity index is 1.91. The van der Waals surface area contributed by atoms with Crippen molar-refractivity contribution in [1.82, 2.24) is 5.32 Å². The van der Waals surface area contributed by atoms with Crippen molar-refractivity contribution < 1.29 is 5.11 Å². The van der Waals surface area contributed by atoms with Crippen LogP contribution in [0.25, 0.3) is 5.70 Å². The van der Waals surface area contributed by atoms with Crippen molar-refractivity contribution in [2.45, 2.75) is 44.8 Å². The minimum absolute atomic E-state index is 0.132. The van der Waals surface area contributed by atoms with Gasteiger partial charge in [-0.15, -0.1) is 11.3 Å². The molecule has 92 valence electrons. The Kier molecular flexibility index (Phi) is 2.97. The summed E-state index contributed by atoms with van der Waals surface area (Å²) in [5.41, 5.74) is 2.59. The maximum Gasteiger partial charge on any atom is 0.0666 e. The molecule has 3 rings (SSSR count). The number of hydrogen-bond donors (Lipinski definition) is 2. The Labute approximate surface area is 106 Å². The molecule has 2 heterocycles. The topological polar surface area (TPSA) is 32.3 Å². The van der Waals surface area contributed by atoms with Crippen molar-refractivity contribution in [1.29, 1.82) is 0 Å². The summed E-state index contributed by atoms with van der Waals surface area (Å²) in [6.45, 7) is 2.07. The molecule has 1 fully saturated rings. The predicted molar refractivity (Wildman–Crippen MR) is 71.8 cm³/mol. The van der Waals surface area contributed by atoms with E-state index in [1.807, 2.05) is 11.3 Å². The molecule has 1 aromatic heterocycles. The summed E-state index contributed by atoms with van der Waals surface area (Å²) in [7, 11) is 0. The summed E-state index contributed by atoms with van der Waals surface area (Å²) in [5, 5.41) is 16.0. The molecule has 0 saturated heterocycles. The highest BCUT2D eigenvalue weighted by molar-refractivity contribution is 7.10. The minimum atomic E-state index is -0.132. The molecule has 3 heteroatoms. The normalized spacial score (nSPS) is 34.7. The lowest BCUT2D eigenvalue weighted by Gasteiger charge is -2.32. The van der Waals surface area contributed by atoms with Crippen LogP contribution in [0.5, 0.6) is 0 Å². The van der Waals surface area contributed by atoms with E-state index in [4.69, 9.17) is 0 Å². The average Bonchev–Trinajstić information content (AvgIpc) is 2.91. The summed E-state index contributed by atoms with van der Waals surface area (Å²) in [6, 6.07) is 2.53. The maximum atomic E-state index is 10.2. The zero-order valence-corrected chi connectivity index (χ0v) is 11.0. The molecule has 0 bridgehead atoms. The van der Waals surface area contributed by atoms with E-state index in [0.29, 0.717) is 12.0 Å². The van der Waals surface area contributed by atoms with E-state index in [9.17, 15) is 5.11 Å². The van der Waals surface area contributed by atoms with E-state index in [1.54, 1.807) is 0 Å². The Morgan fingerprint density at radius 2 is 2.24 bits per heavy atom. The van der Waals surface area contributed by atoms with E-state index in [0.717, 1.165) is 12.8 Å². The summed E-state index contributed by atoms with van der Waals surface area (Å²) >= 11 is 1.82. The average molecular weight is 249 g/mol. The molecule has 1 saturated carbocycles. The van der Waals surface area contributed by atoms with Gasteiger partial charge >= 0.3 is 0 Å². The number of fused-ring (bicyclic) bond motifs is 1. The summed E-state index contributed by atoms with van der Waals surface area (Å²) < 4.78 is 0. The monoisotopic (exact) mass is 249 g/mol. The number of allylic oxidation sites excluding steroid dienone is 1. The van der Waals surface area contributed by atoms with E-state index < -0.39 is 0 Å². The third kappa shape index (κ3) is 1.81. The first-order valence-electron chi connectivity index (χ1n) is 6.50. The second kappa shape index (κ2) is 4.46. The highest BCUT2D eigenvalue weighted by Crippen LogP contribution is 2.44. The van der Waals surface area contributed by atoms with Gasteiger partial charge in [0.25, 0.3) is 0 Å².